The zero-order chi connectivity index (χ0) is 23.9. The number of ether oxygens (including phenoxy) is 2. The van der Waals surface area contributed by atoms with Crippen LogP contribution in [0.3, 0.4) is 0 Å². The molecule has 174 valence electrons. The van der Waals surface area contributed by atoms with Crippen LogP contribution in [0.5, 0.6) is 11.5 Å². The molecule has 0 saturated heterocycles. The van der Waals surface area contributed by atoms with Gasteiger partial charge in [-0.1, -0.05) is 0 Å². The molecule has 4 N–H and O–H groups in total. The van der Waals surface area contributed by atoms with Crippen molar-refractivity contribution in [3.8, 4) is 11.5 Å². The van der Waals surface area contributed by atoms with Crippen molar-refractivity contribution in [1.82, 2.24) is 30.2 Å². The number of imidazole rings is 1. The van der Waals surface area contributed by atoms with Gasteiger partial charge >= 0.3 is 5.69 Å². The van der Waals surface area contributed by atoms with E-state index in [0.717, 1.165) is 0 Å². The third-order valence-electron chi connectivity index (χ3n) is 4.99. The van der Waals surface area contributed by atoms with Gasteiger partial charge in [-0.05, 0) is 34.6 Å². The zero-order valence-corrected chi connectivity index (χ0v) is 17.3. The lowest BCUT2D eigenvalue weighted by atomic mass is 10.1. The van der Waals surface area contributed by atoms with Gasteiger partial charge in [0.05, 0.1) is 33.8 Å². The van der Waals surface area contributed by atoms with Crippen molar-refractivity contribution in [2.45, 2.75) is 0 Å². The van der Waals surface area contributed by atoms with E-state index in [2.05, 4.69) is 50.7 Å². The van der Waals surface area contributed by atoms with Gasteiger partial charge in [0.25, 0.3) is 5.69 Å². The molecule has 1 aliphatic rings. The standard InChI is InChI=1S/C19H12N10O6/c30-19-22-10-2-1-9(4-11(10)23-19)21-15-16(25-18-17(24-15)27-35-28-18)26-20-6-8-3-13-14(34-7-33-13)5-12(8)29(31)32/h1-6H,7H2,(H,21,24,27)(H2,22,23,30)(H,25,26,28)/b20-6+. The van der Waals surface area contributed by atoms with Crippen molar-refractivity contribution < 1.29 is 19.0 Å². The zero-order valence-electron chi connectivity index (χ0n) is 17.3. The van der Waals surface area contributed by atoms with Gasteiger partial charge in [-0.2, -0.15) is 10.1 Å². The maximum Gasteiger partial charge on any atom is 0.323 e. The van der Waals surface area contributed by atoms with E-state index < -0.39 is 4.92 Å². The first-order valence-electron chi connectivity index (χ1n) is 9.90. The van der Waals surface area contributed by atoms with Crippen LogP contribution in [0.4, 0.5) is 23.0 Å². The van der Waals surface area contributed by atoms with Crippen molar-refractivity contribution in [2.75, 3.05) is 17.5 Å². The van der Waals surface area contributed by atoms with Crippen LogP contribution in [0.25, 0.3) is 22.3 Å². The van der Waals surface area contributed by atoms with Crippen molar-refractivity contribution in [1.29, 1.82) is 0 Å². The molecule has 5 aromatic rings. The van der Waals surface area contributed by atoms with Gasteiger partial charge in [-0.25, -0.2) is 14.4 Å². The van der Waals surface area contributed by atoms with Crippen molar-refractivity contribution in [3.05, 3.63) is 56.5 Å². The van der Waals surface area contributed by atoms with E-state index in [4.69, 9.17) is 9.47 Å². The lowest BCUT2D eigenvalue weighted by molar-refractivity contribution is -0.385. The summed E-state index contributed by atoms with van der Waals surface area (Å²) in [5.41, 5.74) is 4.40. The monoisotopic (exact) mass is 476 g/mol. The van der Waals surface area contributed by atoms with E-state index in [1.165, 1.54) is 18.3 Å². The summed E-state index contributed by atoms with van der Waals surface area (Å²) < 4.78 is 15.2. The Balaban J connectivity index is 1.33. The number of anilines is 3. The summed E-state index contributed by atoms with van der Waals surface area (Å²) in [6, 6.07) is 7.85. The number of hydrazone groups is 1. The molecule has 0 unspecified atom stereocenters. The molecule has 16 heteroatoms. The predicted molar refractivity (Wildman–Crippen MR) is 120 cm³/mol. The predicted octanol–water partition coefficient (Wildman–Crippen LogP) is 2.01. The van der Waals surface area contributed by atoms with E-state index >= 15 is 0 Å². The van der Waals surface area contributed by atoms with Gasteiger partial charge in [0.1, 0.15) is 0 Å². The Morgan fingerprint density at radius 1 is 1.03 bits per heavy atom. The highest BCUT2D eigenvalue weighted by Gasteiger charge is 2.22. The fourth-order valence-corrected chi connectivity index (χ4v) is 3.42. The highest BCUT2D eigenvalue weighted by molar-refractivity contribution is 5.88. The average molecular weight is 476 g/mol. The molecular weight excluding hydrogens is 464 g/mol. The lowest BCUT2D eigenvalue weighted by Crippen LogP contribution is -2.03. The topological polar surface area (TPSA) is 211 Å². The number of fused-ring (bicyclic) bond motifs is 3. The fourth-order valence-electron chi connectivity index (χ4n) is 3.42. The minimum absolute atomic E-state index is 0.0237. The second-order valence-electron chi connectivity index (χ2n) is 7.19. The number of nitro benzene ring substituents is 1. The van der Waals surface area contributed by atoms with Gasteiger partial charge in [0, 0.05) is 5.69 Å². The number of aromatic amines is 2. The lowest BCUT2D eigenvalue weighted by Gasteiger charge is -2.09. The number of benzene rings is 2. The molecule has 6 rings (SSSR count). The van der Waals surface area contributed by atoms with Crippen LogP contribution in [0.15, 0.2) is 44.9 Å². The van der Waals surface area contributed by atoms with Crippen LogP contribution < -0.4 is 25.9 Å². The molecule has 0 bridgehead atoms. The molecule has 0 amide bonds. The van der Waals surface area contributed by atoms with E-state index in [1.54, 1.807) is 18.2 Å². The number of hydrogen-bond acceptors (Lipinski definition) is 13. The number of hydrogen-bond donors (Lipinski definition) is 4. The quantitative estimate of drug-likeness (QED) is 0.157. The highest BCUT2D eigenvalue weighted by Crippen LogP contribution is 2.37. The Hall–Kier alpha value is -5.54. The van der Waals surface area contributed by atoms with E-state index in [0.29, 0.717) is 22.5 Å². The van der Waals surface area contributed by atoms with Crippen LogP contribution in [-0.2, 0) is 0 Å². The number of nitrogens with one attached hydrogen (secondary N) is 4. The molecular formula is C19H12N10O6. The van der Waals surface area contributed by atoms with Gasteiger partial charge in [0.2, 0.25) is 18.1 Å². The SMILES string of the molecule is O=c1[nH]c2ccc(Nc3nc4nonc4nc3N/N=C/c3cc4c(cc3[N+](=O)[O-])OCO4)cc2[nH]1. The van der Waals surface area contributed by atoms with Crippen LogP contribution in [0, 0.1) is 10.1 Å². The first-order chi connectivity index (χ1) is 17.0. The summed E-state index contributed by atoms with van der Waals surface area (Å²) in [6.07, 6.45) is 1.24. The van der Waals surface area contributed by atoms with Gasteiger partial charge < -0.3 is 24.8 Å². The van der Waals surface area contributed by atoms with Gasteiger partial charge in [0.15, 0.2) is 23.1 Å². The number of aromatic nitrogens is 6. The second-order valence-corrected chi connectivity index (χ2v) is 7.19. The third-order valence-corrected chi connectivity index (χ3v) is 4.99. The van der Waals surface area contributed by atoms with Gasteiger partial charge in [-0.15, -0.1) is 0 Å². The first kappa shape index (κ1) is 20.1. The molecule has 0 radical (unpaired) electrons. The molecule has 0 atom stereocenters. The summed E-state index contributed by atoms with van der Waals surface area (Å²) in [5.74, 6) is 0.995. The summed E-state index contributed by atoms with van der Waals surface area (Å²) in [7, 11) is 0. The Kier molecular flexibility index (Phi) is 4.48. The normalized spacial score (nSPS) is 12.6. The minimum atomic E-state index is -0.551. The Morgan fingerprint density at radius 3 is 2.57 bits per heavy atom. The summed E-state index contributed by atoms with van der Waals surface area (Å²) in [5, 5.41) is 26.0. The molecule has 35 heavy (non-hydrogen) atoms. The van der Waals surface area contributed by atoms with Crippen LogP contribution in [0.1, 0.15) is 5.56 Å². The van der Waals surface area contributed by atoms with Crippen molar-refractivity contribution in [3.63, 3.8) is 0 Å². The Bertz CT molecular complexity index is 1700. The Morgan fingerprint density at radius 2 is 1.77 bits per heavy atom. The molecule has 1 aliphatic heterocycles. The van der Waals surface area contributed by atoms with E-state index in [9.17, 15) is 14.9 Å². The minimum Gasteiger partial charge on any atom is -0.454 e. The molecule has 0 saturated carbocycles. The van der Waals surface area contributed by atoms with Crippen LogP contribution in [-0.4, -0.2) is 48.2 Å². The average Bonchev–Trinajstić information content (AvgIpc) is 3.56. The van der Waals surface area contributed by atoms with Crippen LogP contribution in [0.2, 0.25) is 0 Å². The largest absolute Gasteiger partial charge is 0.454 e. The number of H-pyrrole nitrogens is 2. The molecule has 16 nitrogen and oxygen atoms in total. The number of nitrogens with zero attached hydrogens (tertiary/aromatic N) is 6. The Labute approximate surface area is 192 Å². The van der Waals surface area contributed by atoms with E-state index in [-0.39, 0.29) is 52.4 Å². The maximum atomic E-state index is 11.5. The third kappa shape index (κ3) is 3.69. The summed E-state index contributed by atoms with van der Waals surface area (Å²) in [6.45, 7) is -0.0237. The maximum absolute atomic E-state index is 11.5. The van der Waals surface area contributed by atoms with Crippen molar-refractivity contribution >= 4 is 51.6 Å². The second kappa shape index (κ2) is 7.80. The van der Waals surface area contributed by atoms with Crippen molar-refractivity contribution in [2.24, 2.45) is 5.10 Å². The summed E-state index contributed by atoms with van der Waals surface area (Å²) >= 11 is 0. The molecule has 3 aromatic heterocycles. The highest BCUT2D eigenvalue weighted by atomic mass is 16.7. The van der Waals surface area contributed by atoms with Crippen LogP contribution >= 0.6 is 0 Å². The van der Waals surface area contributed by atoms with E-state index in [1.807, 2.05) is 0 Å². The fraction of sp³-hybridized carbons (Fsp3) is 0.0526. The smallest absolute Gasteiger partial charge is 0.323 e. The molecule has 4 heterocycles. The molecule has 2 aromatic carbocycles. The molecule has 0 fully saturated rings. The molecule has 0 aliphatic carbocycles. The summed E-state index contributed by atoms with van der Waals surface area (Å²) in [4.78, 5) is 36.4. The number of nitro groups is 1. The van der Waals surface area contributed by atoms with Gasteiger partial charge in [-0.3, -0.25) is 15.5 Å². The molecule has 0 spiro atoms. The first-order valence-corrected chi connectivity index (χ1v) is 9.90. The number of rotatable bonds is 6.